The summed E-state index contributed by atoms with van der Waals surface area (Å²) >= 11 is 0. The Balaban J connectivity index is 1.87. The van der Waals surface area contributed by atoms with Crippen LogP contribution < -0.4 is 5.32 Å². The minimum atomic E-state index is -0.862. The van der Waals surface area contributed by atoms with Gasteiger partial charge in [-0.15, -0.1) is 0 Å². The van der Waals surface area contributed by atoms with Gasteiger partial charge in [0.1, 0.15) is 0 Å². The van der Waals surface area contributed by atoms with E-state index in [-0.39, 0.29) is 24.8 Å². The Hall–Kier alpha value is -1.92. The third-order valence-corrected chi connectivity index (χ3v) is 4.64. The van der Waals surface area contributed by atoms with E-state index in [2.05, 4.69) is 15.5 Å². The first-order valence-corrected chi connectivity index (χ1v) is 8.83. The number of carbonyl (C=O) groups is 2. The summed E-state index contributed by atoms with van der Waals surface area (Å²) in [5.41, 5.74) is 0. The van der Waals surface area contributed by atoms with Gasteiger partial charge in [-0.1, -0.05) is 50.1 Å². The lowest BCUT2D eigenvalue weighted by atomic mass is 9.84. The summed E-state index contributed by atoms with van der Waals surface area (Å²) in [6.45, 7) is 1.61. The summed E-state index contributed by atoms with van der Waals surface area (Å²) in [6.07, 6.45) is 9.43. The van der Waals surface area contributed by atoms with Gasteiger partial charge in [-0.05, 0) is 12.3 Å². The van der Waals surface area contributed by atoms with Crippen LogP contribution in [0.4, 0.5) is 0 Å². The minimum Gasteiger partial charge on any atom is -0.481 e. The SMILES string of the molecule is CC(=O)NCc1noc(C(CCCC2CCCCC2)CC(=O)O)n1. The van der Waals surface area contributed by atoms with Gasteiger partial charge in [0.05, 0.1) is 13.0 Å². The molecule has 24 heavy (non-hydrogen) atoms. The Morgan fingerprint density at radius 3 is 2.75 bits per heavy atom. The van der Waals surface area contributed by atoms with E-state index in [0.29, 0.717) is 11.7 Å². The molecule has 0 bridgehead atoms. The molecular formula is C17H27N3O4. The largest absolute Gasteiger partial charge is 0.481 e. The third-order valence-electron chi connectivity index (χ3n) is 4.64. The van der Waals surface area contributed by atoms with E-state index in [4.69, 9.17) is 9.63 Å². The van der Waals surface area contributed by atoms with Crippen LogP contribution in [-0.4, -0.2) is 27.1 Å². The summed E-state index contributed by atoms with van der Waals surface area (Å²) < 4.78 is 5.23. The molecule has 1 atom stereocenters. The average Bonchev–Trinajstić information content (AvgIpc) is 3.01. The number of amides is 1. The standard InChI is InChI=1S/C17H27N3O4/c1-12(21)18-11-15-19-17(24-20-15)14(10-16(22)23)9-5-8-13-6-3-2-4-7-13/h13-14H,2-11H2,1H3,(H,18,21)(H,22,23). The monoisotopic (exact) mass is 337 g/mol. The van der Waals surface area contributed by atoms with Gasteiger partial charge >= 0.3 is 5.97 Å². The zero-order valence-corrected chi connectivity index (χ0v) is 14.3. The fraction of sp³-hybridized carbons (Fsp3) is 0.765. The number of nitrogens with zero attached hydrogens (tertiary/aromatic N) is 2. The molecule has 1 unspecified atom stereocenters. The number of carboxylic acids is 1. The minimum absolute atomic E-state index is 0.00750. The number of carboxylic acid groups (broad SMARTS) is 1. The van der Waals surface area contributed by atoms with Crippen molar-refractivity contribution in [3.8, 4) is 0 Å². The molecule has 7 heteroatoms. The molecule has 1 saturated carbocycles. The molecular weight excluding hydrogens is 310 g/mol. The normalized spacial score (nSPS) is 16.7. The molecule has 0 saturated heterocycles. The highest BCUT2D eigenvalue weighted by molar-refractivity contribution is 5.72. The quantitative estimate of drug-likeness (QED) is 0.717. The lowest BCUT2D eigenvalue weighted by Gasteiger charge is -2.21. The van der Waals surface area contributed by atoms with Crippen molar-refractivity contribution in [1.82, 2.24) is 15.5 Å². The molecule has 1 aromatic heterocycles. The maximum absolute atomic E-state index is 11.1. The Bertz CT molecular complexity index is 538. The Labute approximate surface area is 142 Å². The van der Waals surface area contributed by atoms with Gasteiger partial charge in [-0.3, -0.25) is 9.59 Å². The second-order valence-electron chi connectivity index (χ2n) is 6.69. The number of aromatic nitrogens is 2. The molecule has 1 aromatic rings. The first-order chi connectivity index (χ1) is 11.5. The molecule has 2 rings (SSSR count). The van der Waals surface area contributed by atoms with Gasteiger partial charge in [-0.2, -0.15) is 4.98 Å². The van der Waals surface area contributed by atoms with Crippen LogP contribution in [0.3, 0.4) is 0 Å². The highest BCUT2D eigenvalue weighted by Gasteiger charge is 2.23. The second kappa shape index (κ2) is 9.39. The van der Waals surface area contributed by atoms with Crippen LogP contribution in [0.15, 0.2) is 4.52 Å². The molecule has 2 N–H and O–H groups in total. The van der Waals surface area contributed by atoms with E-state index < -0.39 is 5.97 Å². The number of hydrogen-bond acceptors (Lipinski definition) is 5. The zero-order valence-electron chi connectivity index (χ0n) is 14.3. The predicted molar refractivity (Wildman–Crippen MR) is 87.2 cm³/mol. The van der Waals surface area contributed by atoms with E-state index in [0.717, 1.165) is 25.2 Å². The maximum Gasteiger partial charge on any atom is 0.304 e. The number of hydrogen-bond donors (Lipinski definition) is 2. The van der Waals surface area contributed by atoms with Crippen LogP contribution >= 0.6 is 0 Å². The fourth-order valence-electron chi connectivity index (χ4n) is 3.36. The van der Waals surface area contributed by atoms with Crippen molar-refractivity contribution in [3.63, 3.8) is 0 Å². The van der Waals surface area contributed by atoms with Crippen molar-refractivity contribution >= 4 is 11.9 Å². The highest BCUT2D eigenvalue weighted by atomic mass is 16.5. The molecule has 134 valence electrons. The molecule has 0 spiro atoms. The molecule has 1 aliphatic rings. The van der Waals surface area contributed by atoms with Crippen LogP contribution in [0.25, 0.3) is 0 Å². The smallest absolute Gasteiger partial charge is 0.304 e. The first kappa shape index (κ1) is 18.4. The highest BCUT2D eigenvalue weighted by Crippen LogP contribution is 2.31. The van der Waals surface area contributed by atoms with Crippen LogP contribution in [0.1, 0.15) is 82.3 Å². The van der Waals surface area contributed by atoms with Crippen LogP contribution in [0, 0.1) is 5.92 Å². The van der Waals surface area contributed by atoms with Crippen molar-refractivity contribution in [2.45, 2.75) is 77.2 Å². The van der Waals surface area contributed by atoms with E-state index in [1.165, 1.54) is 39.0 Å². The molecule has 1 fully saturated rings. The van der Waals surface area contributed by atoms with Crippen LogP contribution in [0.2, 0.25) is 0 Å². The molecule has 7 nitrogen and oxygen atoms in total. The van der Waals surface area contributed by atoms with E-state index in [1.807, 2.05) is 0 Å². The van der Waals surface area contributed by atoms with E-state index >= 15 is 0 Å². The van der Waals surface area contributed by atoms with Gasteiger partial charge in [-0.25, -0.2) is 0 Å². The Kier molecular flexibility index (Phi) is 7.21. The maximum atomic E-state index is 11.1. The van der Waals surface area contributed by atoms with Crippen molar-refractivity contribution < 1.29 is 19.2 Å². The van der Waals surface area contributed by atoms with Gasteiger partial charge in [0, 0.05) is 12.8 Å². The number of rotatable bonds is 9. The van der Waals surface area contributed by atoms with E-state index in [9.17, 15) is 9.59 Å². The number of nitrogens with one attached hydrogen (secondary N) is 1. The first-order valence-electron chi connectivity index (χ1n) is 8.83. The summed E-state index contributed by atoms with van der Waals surface area (Å²) in [6, 6.07) is 0. The van der Waals surface area contributed by atoms with Crippen molar-refractivity contribution in [1.29, 1.82) is 0 Å². The van der Waals surface area contributed by atoms with Crippen molar-refractivity contribution in [3.05, 3.63) is 11.7 Å². The number of aliphatic carboxylic acids is 1. The third kappa shape index (κ3) is 6.29. The topological polar surface area (TPSA) is 105 Å². The van der Waals surface area contributed by atoms with Gasteiger partial charge in [0.15, 0.2) is 5.82 Å². The summed E-state index contributed by atoms with van der Waals surface area (Å²) in [5.74, 6) is 0.228. The van der Waals surface area contributed by atoms with Crippen LogP contribution in [-0.2, 0) is 16.1 Å². The molecule has 1 heterocycles. The van der Waals surface area contributed by atoms with Crippen LogP contribution in [0.5, 0.6) is 0 Å². The lowest BCUT2D eigenvalue weighted by Crippen LogP contribution is -2.19. The Morgan fingerprint density at radius 1 is 1.33 bits per heavy atom. The molecule has 1 amide bonds. The zero-order chi connectivity index (χ0) is 17.4. The van der Waals surface area contributed by atoms with Gasteiger partial charge in [0.2, 0.25) is 11.8 Å². The van der Waals surface area contributed by atoms with E-state index in [1.54, 1.807) is 0 Å². The molecule has 0 aliphatic heterocycles. The molecule has 1 aliphatic carbocycles. The predicted octanol–water partition coefficient (Wildman–Crippen LogP) is 3.01. The van der Waals surface area contributed by atoms with Crippen molar-refractivity contribution in [2.24, 2.45) is 5.92 Å². The summed E-state index contributed by atoms with van der Waals surface area (Å²) in [4.78, 5) is 26.3. The Morgan fingerprint density at radius 2 is 2.08 bits per heavy atom. The van der Waals surface area contributed by atoms with Crippen molar-refractivity contribution in [2.75, 3.05) is 0 Å². The molecule has 0 radical (unpaired) electrons. The lowest BCUT2D eigenvalue weighted by molar-refractivity contribution is -0.137. The van der Waals surface area contributed by atoms with Gasteiger partial charge < -0.3 is 14.9 Å². The second-order valence-corrected chi connectivity index (χ2v) is 6.69. The number of carbonyl (C=O) groups excluding carboxylic acids is 1. The summed E-state index contributed by atoms with van der Waals surface area (Å²) in [5, 5.41) is 15.6. The van der Waals surface area contributed by atoms with Gasteiger partial charge in [0.25, 0.3) is 0 Å². The molecule has 0 aromatic carbocycles. The summed E-state index contributed by atoms with van der Waals surface area (Å²) in [7, 11) is 0. The fourth-order valence-corrected chi connectivity index (χ4v) is 3.36. The average molecular weight is 337 g/mol.